The van der Waals surface area contributed by atoms with E-state index >= 15 is 0 Å². The van der Waals surface area contributed by atoms with Crippen LogP contribution in [0.15, 0.2) is 87.5 Å². The van der Waals surface area contributed by atoms with E-state index in [0.29, 0.717) is 19.3 Å². The van der Waals surface area contributed by atoms with Gasteiger partial charge in [0.1, 0.15) is 0 Å². The van der Waals surface area contributed by atoms with Crippen molar-refractivity contribution in [3.05, 3.63) is 89.5 Å². The van der Waals surface area contributed by atoms with Crippen molar-refractivity contribution in [3.8, 4) is 0 Å². The van der Waals surface area contributed by atoms with Gasteiger partial charge >= 0.3 is 72.4 Å². The van der Waals surface area contributed by atoms with Gasteiger partial charge in [0, 0.05) is 36.0 Å². The summed E-state index contributed by atoms with van der Waals surface area (Å²) in [5.74, 6) is 2.97. The molecule has 3 rings (SSSR count). The molecule has 0 saturated heterocycles. The third-order valence-corrected chi connectivity index (χ3v) is 11.8. The minimum atomic E-state index is 0.223. The van der Waals surface area contributed by atoms with Crippen LogP contribution < -0.4 is 0 Å². The van der Waals surface area contributed by atoms with Crippen molar-refractivity contribution < 1.29 is 14.4 Å². The number of carbonyl (C=O) groups is 3. The molecule has 0 radical (unpaired) electrons. The Hall–Kier alpha value is -1.87. The Bertz CT molecular complexity index is 1360. The number of unbranched alkanes of at least 4 members (excludes halogenated alkanes) is 11. The Balaban J connectivity index is 0.000000792. The topological polar surface area (TPSA) is 51.2 Å². The van der Waals surface area contributed by atoms with E-state index in [9.17, 15) is 14.4 Å². The Morgan fingerprint density at radius 2 is 0.717 bits per heavy atom. The van der Waals surface area contributed by atoms with Crippen molar-refractivity contribution in [3.63, 3.8) is 0 Å². The molecule has 0 bridgehead atoms. The van der Waals surface area contributed by atoms with E-state index in [1.54, 1.807) is 40.7 Å². The molecule has 0 aliphatic rings. The summed E-state index contributed by atoms with van der Waals surface area (Å²) in [6.45, 7) is 15.7. The van der Waals surface area contributed by atoms with Crippen LogP contribution in [-0.2, 0) is 37.9 Å². The van der Waals surface area contributed by atoms with Gasteiger partial charge in [-0.25, -0.2) is 0 Å². The number of ketones is 3. The van der Waals surface area contributed by atoms with Gasteiger partial charge in [-0.3, -0.25) is 14.4 Å². The first-order chi connectivity index (χ1) is 28.7. The van der Waals surface area contributed by atoms with Crippen molar-refractivity contribution in [1.82, 2.24) is 0 Å². The second-order valence-corrected chi connectivity index (χ2v) is 20.2. The summed E-state index contributed by atoms with van der Waals surface area (Å²) in [7, 11) is 0. The van der Waals surface area contributed by atoms with Gasteiger partial charge in [-0.05, 0) is 37.0 Å². The zero-order valence-corrected chi connectivity index (χ0v) is 44.0. The molecule has 0 N–H and O–H groups in total. The first-order valence-corrected chi connectivity index (χ1v) is 26.5. The number of benzene rings is 3. The summed E-state index contributed by atoms with van der Waals surface area (Å²) in [6.07, 6.45) is 24.5. The quantitative estimate of drug-likeness (QED) is 0.0328. The SMILES string of the molecule is CC(C)CCCCCC(=O)c1cccc([S-])c1.CC(C)CCCCCC(=O)c1cccc([S-])c1.CC(C)CCCCCC(=O)c1cccc([S-])c1.CCCCCCC[CH2][Sn+3]. The third kappa shape index (κ3) is 34.7. The summed E-state index contributed by atoms with van der Waals surface area (Å²) in [5, 5.41) is 0. The average Bonchev–Trinajstić information content (AvgIpc) is 3.20. The van der Waals surface area contributed by atoms with Crippen LogP contribution in [0.2, 0.25) is 4.44 Å². The Morgan fingerprint density at radius 3 is 0.983 bits per heavy atom. The molecule has 0 spiro atoms. The molecule has 7 heteroatoms. The molecule has 3 aromatic rings. The normalized spacial score (nSPS) is 10.7. The second kappa shape index (κ2) is 38.8. The van der Waals surface area contributed by atoms with E-state index in [1.165, 1.54) is 81.5 Å². The van der Waals surface area contributed by atoms with Gasteiger partial charge in [-0.1, -0.05) is 172 Å². The summed E-state index contributed by atoms with van der Waals surface area (Å²) in [4.78, 5) is 37.8. The average molecular weight is 980 g/mol. The van der Waals surface area contributed by atoms with Crippen molar-refractivity contribution >= 4 is 77.8 Å². The van der Waals surface area contributed by atoms with Crippen molar-refractivity contribution in [2.24, 2.45) is 17.8 Å². The van der Waals surface area contributed by atoms with Crippen LogP contribution in [-0.4, -0.2) is 39.9 Å². The summed E-state index contributed by atoms with van der Waals surface area (Å²) in [6, 6.07) is 22.0. The monoisotopic (exact) mass is 980 g/mol. The summed E-state index contributed by atoms with van der Waals surface area (Å²) in [5.41, 5.74) is 2.30. The molecule has 0 heterocycles. The molecule has 0 atom stereocenters. The Labute approximate surface area is 398 Å². The fourth-order valence-electron chi connectivity index (χ4n) is 6.39. The van der Waals surface area contributed by atoms with Crippen LogP contribution in [0.1, 0.15) is 214 Å². The summed E-state index contributed by atoms with van der Waals surface area (Å²) >= 11 is 16.9. The zero-order valence-electron chi connectivity index (χ0n) is 38.7. The van der Waals surface area contributed by atoms with E-state index < -0.39 is 0 Å². The van der Waals surface area contributed by atoms with Gasteiger partial charge in [-0.2, -0.15) is 14.7 Å². The maximum absolute atomic E-state index is 11.8. The fraction of sp³-hybridized carbons (Fsp3) is 0.604. The van der Waals surface area contributed by atoms with Crippen LogP contribution in [0.5, 0.6) is 0 Å². The Morgan fingerprint density at radius 1 is 0.433 bits per heavy atom. The predicted molar refractivity (Wildman–Crippen MR) is 267 cm³/mol. The molecular weight excluding hydrogens is 899 g/mol. The van der Waals surface area contributed by atoms with Gasteiger partial charge in [0.2, 0.25) is 0 Å². The van der Waals surface area contributed by atoms with Crippen LogP contribution in [0.3, 0.4) is 0 Å². The van der Waals surface area contributed by atoms with Crippen molar-refractivity contribution in [1.29, 1.82) is 0 Å². The zero-order chi connectivity index (χ0) is 45.0. The van der Waals surface area contributed by atoms with Gasteiger partial charge in [0.15, 0.2) is 17.3 Å². The molecule has 3 aromatic carbocycles. The van der Waals surface area contributed by atoms with Crippen LogP contribution in [0.25, 0.3) is 0 Å². The van der Waals surface area contributed by atoms with Gasteiger partial charge < -0.3 is 37.9 Å². The van der Waals surface area contributed by atoms with Crippen LogP contribution in [0, 0.1) is 17.8 Å². The first-order valence-electron chi connectivity index (χ1n) is 23.2. The van der Waals surface area contributed by atoms with E-state index in [2.05, 4.69) is 48.5 Å². The van der Waals surface area contributed by atoms with E-state index in [4.69, 9.17) is 37.9 Å². The molecular formula is C53H80O3S3Sn. The van der Waals surface area contributed by atoms with Gasteiger partial charge in [0.05, 0.1) is 0 Å². The van der Waals surface area contributed by atoms with Gasteiger partial charge in [0.25, 0.3) is 0 Å². The molecule has 0 saturated carbocycles. The molecule has 332 valence electrons. The van der Waals surface area contributed by atoms with E-state index in [0.717, 1.165) is 87.7 Å². The van der Waals surface area contributed by atoms with Crippen molar-refractivity contribution in [2.75, 3.05) is 0 Å². The molecule has 0 fully saturated rings. The maximum atomic E-state index is 11.8. The standard InChI is InChI=1S/3C15H22OS.C8H17.Sn/c3*1-12(2)7-4-3-5-10-15(16)13-8-6-9-14(17)11-13;1-3-5-7-8-6-4-2;/h3*6,8-9,11-12,17H,3-5,7,10H2,1-2H3;1,3-8H2,2H3;/q;;;;+3/p-3. The number of hydrogen-bond acceptors (Lipinski definition) is 6. The minimum absolute atomic E-state index is 0.223. The summed E-state index contributed by atoms with van der Waals surface area (Å²) < 4.78 is 1.46. The predicted octanol–water partition coefficient (Wildman–Crippen LogP) is 16.1. The number of hydrogen-bond donors (Lipinski definition) is 0. The molecule has 0 amide bonds. The molecule has 0 unspecified atom stereocenters. The van der Waals surface area contributed by atoms with E-state index in [1.807, 2.05) is 54.6 Å². The second-order valence-electron chi connectivity index (χ2n) is 17.4. The number of carbonyl (C=O) groups excluding carboxylic acids is 3. The number of Topliss-reactive ketones (excluding diaryl/α,β-unsaturated/α-hetero) is 3. The molecule has 0 aromatic heterocycles. The van der Waals surface area contributed by atoms with Crippen LogP contribution in [0.4, 0.5) is 0 Å². The third-order valence-electron chi connectivity index (χ3n) is 10.1. The van der Waals surface area contributed by atoms with E-state index in [-0.39, 0.29) is 17.3 Å². The molecule has 0 aliphatic carbocycles. The first kappa shape index (κ1) is 58.1. The fourth-order valence-corrected chi connectivity index (χ4v) is 7.72. The molecule has 60 heavy (non-hydrogen) atoms. The molecule has 3 nitrogen and oxygen atoms in total. The molecule has 0 aliphatic heterocycles. The Kier molecular flexibility index (Phi) is 37.6. The number of rotatable bonds is 27. The van der Waals surface area contributed by atoms with Gasteiger partial charge in [-0.15, -0.1) is 0 Å². The van der Waals surface area contributed by atoms with Crippen molar-refractivity contribution in [2.45, 2.75) is 202 Å². The van der Waals surface area contributed by atoms with Crippen LogP contribution >= 0.6 is 0 Å².